The van der Waals surface area contributed by atoms with Crippen molar-refractivity contribution in [2.75, 3.05) is 14.2 Å². The minimum atomic E-state index is -0.0391. The summed E-state index contributed by atoms with van der Waals surface area (Å²) in [5.41, 5.74) is 1.25. The second-order valence-electron chi connectivity index (χ2n) is 7.59. The lowest BCUT2D eigenvalue weighted by Gasteiger charge is -2.42. The van der Waals surface area contributed by atoms with E-state index in [1.165, 1.54) is 18.4 Å². The molecule has 1 aromatic carbocycles. The summed E-state index contributed by atoms with van der Waals surface area (Å²) >= 11 is 0. The number of piperidine rings is 1. The van der Waals surface area contributed by atoms with Gasteiger partial charge < -0.3 is 9.47 Å². The number of rotatable bonds is 4. The molecule has 1 aromatic rings. The van der Waals surface area contributed by atoms with Crippen molar-refractivity contribution >= 4 is 18.4 Å². The van der Waals surface area contributed by atoms with Crippen LogP contribution in [0.4, 0.5) is 0 Å². The average molecular weight is 366 g/mol. The van der Waals surface area contributed by atoms with E-state index in [1.807, 2.05) is 12.1 Å². The molecule has 1 saturated carbocycles. The molecule has 2 bridgehead atoms. The standard InChI is InChI=1S/C20H27NO3.ClH/c1-21-14-8-11-18(21)19(20(22)24-16-4-3-5-16)17(12-14)13-6-9-15(23-2)10-7-13;/h6-7,9-10,14,16-19H,3-5,8,11-12H2,1-2H3;1H/t14-,17-,18-,19+;/m1./s1. The van der Waals surface area contributed by atoms with Gasteiger partial charge >= 0.3 is 5.97 Å². The van der Waals surface area contributed by atoms with E-state index < -0.39 is 0 Å². The van der Waals surface area contributed by atoms with E-state index in [-0.39, 0.29) is 36.3 Å². The molecule has 2 saturated heterocycles. The molecule has 5 heteroatoms. The number of benzene rings is 1. The Balaban J connectivity index is 0.00000182. The normalized spacial score (nSPS) is 31.8. The number of carbonyl (C=O) groups excluding carboxylic acids is 1. The number of ether oxygens (including phenoxy) is 2. The van der Waals surface area contributed by atoms with Crippen LogP contribution in [0.3, 0.4) is 0 Å². The zero-order valence-corrected chi connectivity index (χ0v) is 15.8. The first-order valence-electron chi connectivity index (χ1n) is 9.23. The molecule has 2 heterocycles. The smallest absolute Gasteiger partial charge is 0.311 e. The first-order valence-corrected chi connectivity index (χ1v) is 9.23. The van der Waals surface area contributed by atoms with Gasteiger partial charge in [0.25, 0.3) is 0 Å². The number of carbonyl (C=O) groups is 1. The molecule has 0 N–H and O–H groups in total. The number of fused-ring (bicyclic) bond motifs is 2. The van der Waals surface area contributed by atoms with Gasteiger partial charge in [-0.25, -0.2) is 0 Å². The monoisotopic (exact) mass is 365 g/mol. The van der Waals surface area contributed by atoms with Crippen LogP contribution >= 0.6 is 12.4 Å². The molecule has 4 rings (SSSR count). The van der Waals surface area contributed by atoms with Gasteiger partial charge in [0.1, 0.15) is 11.9 Å². The van der Waals surface area contributed by atoms with E-state index in [2.05, 4.69) is 24.1 Å². The van der Waals surface area contributed by atoms with Crippen molar-refractivity contribution in [3.63, 3.8) is 0 Å². The number of hydrogen-bond donors (Lipinski definition) is 0. The number of methoxy groups -OCH3 is 1. The lowest BCUT2D eigenvalue weighted by Crippen LogP contribution is -2.49. The van der Waals surface area contributed by atoms with Crippen LogP contribution in [0.15, 0.2) is 24.3 Å². The van der Waals surface area contributed by atoms with Crippen molar-refractivity contribution in [1.29, 1.82) is 0 Å². The predicted octanol–water partition coefficient (Wildman–Crippen LogP) is 3.78. The Bertz CT molecular complexity index is 601. The first kappa shape index (κ1) is 18.5. The molecule has 4 atom stereocenters. The molecule has 2 aliphatic heterocycles. The van der Waals surface area contributed by atoms with Crippen molar-refractivity contribution in [1.82, 2.24) is 4.90 Å². The number of esters is 1. The molecular formula is C20H28ClNO3. The molecule has 3 fully saturated rings. The van der Waals surface area contributed by atoms with Gasteiger partial charge in [-0.1, -0.05) is 12.1 Å². The van der Waals surface area contributed by atoms with Crippen LogP contribution in [-0.4, -0.2) is 43.2 Å². The van der Waals surface area contributed by atoms with Crippen molar-refractivity contribution in [3.05, 3.63) is 29.8 Å². The molecule has 25 heavy (non-hydrogen) atoms. The van der Waals surface area contributed by atoms with Gasteiger partial charge in [-0.15, -0.1) is 12.4 Å². The Morgan fingerprint density at radius 2 is 1.84 bits per heavy atom. The number of nitrogens with zero attached hydrogens (tertiary/aromatic N) is 1. The van der Waals surface area contributed by atoms with Crippen molar-refractivity contribution < 1.29 is 14.3 Å². The van der Waals surface area contributed by atoms with Crippen LogP contribution in [0.1, 0.15) is 50.0 Å². The Labute approximate surface area is 156 Å². The Morgan fingerprint density at radius 3 is 2.44 bits per heavy atom. The second-order valence-corrected chi connectivity index (χ2v) is 7.59. The van der Waals surface area contributed by atoms with Gasteiger partial charge in [0.15, 0.2) is 0 Å². The fourth-order valence-corrected chi connectivity index (χ4v) is 4.71. The summed E-state index contributed by atoms with van der Waals surface area (Å²) in [5.74, 6) is 1.11. The maximum Gasteiger partial charge on any atom is 0.311 e. The van der Waals surface area contributed by atoms with E-state index in [9.17, 15) is 4.79 Å². The largest absolute Gasteiger partial charge is 0.497 e. The molecule has 0 amide bonds. The SMILES string of the molecule is COc1ccc([C@H]2C[C@H]3CC[C@H]([C@H]2C(=O)OC2CCC2)N3C)cc1.Cl. The molecule has 0 aromatic heterocycles. The topological polar surface area (TPSA) is 38.8 Å². The number of hydrogen-bond acceptors (Lipinski definition) is 4. The van der Waals surface area contributed by atoms with E-state index >= 15 is 0 Å². The van der Waals surface area contributed by atoms with Crippen LogP contribution in [-0.2, 0) is 9.53 Å². The predicted molar refractivity (Wildman–Crippen MR) is 99.4 cm³/mol. The third-order valence-corrected chi connectivity index (χ3v) is 6.42. The Hall–Kier alpha value is -1.26. The third kappa shape index (κ3) is 3.39. The quantitative estimate of drug-likeness (QED) is 0.761. The maximum absolute atomic E-state index is 13.0. The highest BCUT2D eigenvalue weighted by Crippen LogP contribution is 2.47. The van der Waals surface area contributed by atoms with Crippen LogP contribution in [0.5, 0.6) is 5.75 Å². The van der Waals surface area contributed by atoms with Gasteiger partial charge in [0, 0.05) is 18.0 Å². The van der Waals surface area contributed by atoms with E-state index in [0.717, 1.165) is 31.4 Å². The molecule has 0 radical (unpaired) electrons. The van der Waals surface area contributed by atoms with Gasteiger partial charge in [0.05, 0.1) is 13.0 Å². The van der Waals surface area contributed by atoms with Crippen LogP contribution in [0.2, 0.25) is 0 Å². The maximum atomic E-state index is 13.0. The van der Waals surface area contributed by atoms with Crippen molar-refractivity contribution in [3.8, 4) is 5.75 Å². The molecule has 3 aliphatic rings. The molecule has 0 spiro atoms. The van der Waals surface area contributed by atoms with Gasteiger partial charge in [-0.3, -0.25) is 9.69 Å². The molecule has 1 aliphatic carbocycles. The summed E-state index contributed by atoms with van der Waals surface area (Å²) in [6.45, 7) is 0. The highest BCUT2D eigenvalue weighted by atomic mass is 35.5. The van der Waals surface area contributed by atoms with Gasteiger partial charge in [-0.2, -0.15) is 0 Å². The van der Waals surface area contributed by atoms with Crippen molar-refractivity contribution in [2.45, 2.75) is 62.6 Å². The summed E-state index contributed by atoms with van der Waals surface area (Å²) in [4.78, 5) is 15.4. The van der Waals surface area contributed by atoms with E-state index in [4.69, 9.17) is 9.47 Å². The van der Waals surface area contributed by atoms with E-state index in [0.29, 0.717) is 12.1 Å². The molecule has 4 nitrogen and oxygen atoms in total. The van der Waals surface area contributed by atoms with Crippen LogP contribution in [0, 0.1) is 5.92 Å². The number of halogens is 1. The lowest BCUT2D eigenvalue weighted by atomic mass is 9.76. The highest BCUT2D eigenvalue weighted by molar-refractivity contribution is 5.85. The van der Waals surface area contributed by atoms with Crippen LogP contribution < -0.4 is 4.74 Å². The molecule has 0 unspecified atom stereocenters. The summed E-state index contributed by atoms with van der Waals surface area (Å²) in [6.07, 6.45) is 6.78. The van der Waals surface area contributed by atoms with Gasteiger partial charge in [0.2, 0.25) is 0 Å². The lowest BCUT2D eigenvalue weighted by molar-refractivity contribution is -0.162. The summed E-state index contributed by atoms with van der Waals surface area (Å²) < 4.78 is 11.1. The summed E-state index contributed by atoms with van der Waals surface area (Å²) in [6, 6.07) is 9.17. The van der Waals surface area contributed by atoms with Crippen molar-refractivity contribution in [2.24, 2.45) is 5.92 Å². The zero-order chi connectivity index (χ0) is 16.7. The Morgan fingerprint density at radius 1 is 1.12 bits per heavy atom. The summed E-state index contributed by atoms with van der Waals surface area (Å²) in [7, 11) is 3.86. The zero-order valence-electron chi connectivity index (χ0n) is 15.0. The fourth-order valence-electron chi connectivity index (χ4n) is 4.71. The highest BCUT2D eigenvalue weighted by Gasteiger charge is 2.50. The van der Waals surface area contributed by atoms with Gasteiger partial charge in [-0.05, 0) is 63.3 Å². The minimum absolute atomic E-state index is 0. The average Bonchev–Trinajstić information content (AvgIpc) is 2.81. The van der Waals surface area contributed by atoms with E-state index in [1.54, 1.807) is 7.11 Å². The third-order valence-electron chi connectivity index (χ3n) is 6.42. The minimum Gasteiger partial charge on any atom is -0.497 e. The fraction of sp³-hybridized carbons (Fsp3) is 0.650. The van der Waals surface area contributed by atoms with Crippen LogP contribution in [0.25, 0.3) is 0 Å². The Kier molecular flexibility index (Phi) is 5.59. The molecule has 138 valence electrons. The first-order chi connectivity index (χ1) is 11.7. The summed E-state index contributed by atoms with van der Waals surface area (Å²) in [5, 5.41) is 0. The second kappa shape index (κ2) is 7.55. The molecular weight excluding hydrogens is 338 g/mol.